The topological polar surface area (TPSA) is 108 Å². The molecule has 0 bridgehead atoms. The van der Waals surface area contributed by atoms with Crippen LogP contribution in [-0.4, -0.2) is 41.8 Å². The van der Waals surface area contributed by atoms with Gasteiger partial charge in [-0.1, -0.05) is 6.07 Å². The van der Waals surface area contributed by atoms with Crippen molar-refractivity contribution < 1.29 is 21.9 Å². The number of hydrogen-bond donors (Lipinski definition) is 1. The predicted octanol–water partition coefficient (Wildman–Crippen LogP) is 2.87. The molecular weight excluding hydrogens is 414 g/mol. The zero-order chi connectivity index (χ0) is 22.3. The Labute approximate surface area is 173 Å². The number of nitrogens with zero attached hydrogens (tertiary/aromatic N) is 3. The van der Waals surface area contributed by atoms with Crippen molar-refractivity contribution in [2.24, 2.45) is 10.7 Å². The minimum atomic E-state index is -3.71. The first-order chi connectivity index (χ1) is 13.9. The Morgan fingerprint density at radius 2 is 1.93 bits per heavy atom. The number of aromatic nitrogens is 2. The van der Waals surface area contributed by atoms with E-state index in [1.165, 1.54) is 52.4 Å². The highest BCUT2D eigenvalue weighted by atomic mass is 32.2. The van der Waals surface area contributed by atoms with Gasteiger partial charge in [0.1, 0.15) is 27.6 Å². The van der Waals surface area contributed by atoms with Crippen LogP contribution >= 0.6 is 0 Å². The minimum Gasteiger partial charge on any atom is -0.480 e. The number of amidine groups is 1. The molecule has 10 heteroatoms. The molecule has 0 spiro atoms. The van der Waals surface area contributed by atoms with Crippen LogP contribution in [0, 0.1) is 5.82 Å². The molecule has 0 saturated heterocycles. The molecule has 2 N–H and O–H groups in total. The Hall–Kier alpha value is -2.88. The van der Waals surface area contributed by atoms with Crippen LogP contribution in [0.5, 0.6) is 5.88 Å². The molecule has 1 aliphatic rings. The molecule has 2 heterocycles. The maximum absolute atomic E-state index is 14.7. The van der Waals surface area contributed by atoms with Gasteiger partial charge in [-0.05, 0) is 44.5 Å². The fraction of sp³-hybridized carbons (Fsp3) is 0.350. The zero-order valence-electron chi connectivity index (χ0n) is 17.0. The first-order valence-corrected chi connectivity index (χ1v) is 10.7. The lowest BCUT2D eigenvalue weighted by Gasteiger charge is -2.38. The van der Waals surface area contributed by atoms with Gasteiger partial charge in [0.2, 0.25) is 5.88 Å². The SMILES string of the molecule is COc1cnc(/C(F)=C/c2ccc(F)c([C@]3(C)CS(=O)(=O)C(C)(C)C(N)=N3)c2)cn1. The maximum atomic E-state index is 14.7. The largest absolute Gasteiger partial charge is 0.480 e. The highest BCUT2D eigenvalue weighted by molar-refractivity contribution is 7.93. The summed E-state index contributed by atoms with van der Waals surface area (Å²) in [6, 6.07) is 3.86. The normalized spacial score (nSPS) is 23.0. The molecule has 0 fully saturated rings. The van der Waals surface area contributed by atoms with Crippen molar-refractivity contribution in [3.05, 3.63) is 53.2 Å². The summed E-state index contributed by atoms with van der Waals surface area (Å²) in [6.07, 6.45) is 3.63. The highest BCUT2D eigenvalue weighted by Crippen LogP contribution is 2.38. The smallest absolute Gasteiger partial charge is 0.232 e. The molecule has 1 atom stereocenters. The number of aliphatic imine (C=N–C) groups is 1. The number of halogens is 2. The minimum absolute atomic E-state index is 0.00638. The third-order valence-corrected chi connectivity index (χ3v) is 7.88. The van der Waals surface area contributed by atoms with Gasteiger partial charge in [0.05, 0.1) is 25.3 Å². The van der Waals surface area contributed by atoms with Crippen molar-refractivity contribution >= 4 is 27.6 Å². The van der Waals surface area contributed by atoms with Crippen molar-refractivity contribution in [2.45, 2.75) is 31.1 Å². The van der Waals surface area contributed by atoms with Gasteiger partial charge in [-0.15, -0.1) is 0 Å². The van der Waals surface area contributed by atoms with Crippen molar-refractivity contribution in [3.8, 4) is 5.88 Å². The van der Waals surface area contributed by atoms with E-state index in [9.17, 15) is 17.2 Å². The number of sulfone groups is 1. The fourth-order valence-corrected chi connectivity index (χ4v) is 4.78. The second-order valence-electron chi connectivity index (χ2n) is 7.72. The van der Waals surface area contributed by atoms with Crippen molar-refractivity contribution in [2.75, 3.05) is 12.9 Å². The molecule has 0 aliphatic carbocycles. The van der Waals surface area contributed by atoms with Crippen LogP contribution in [0.25, 0.3) is 11.9 Å². The van der Waals surface area contributed by atoms with Gasteiger partial charge >= 0.3 is 0 Å². The number of methoxy groups -OCH3 is 1. The molecule has 0 radical (unpaired) electrons. The quantitative estimate of drug-likeness (QED) is 0.790. The maximum Gasteiger partial charge on any atom is 0.232 e. The molecular formula is C20H22F2N4O3S. The highest BCUT2D eigenvalue weighted by Gasteiger charge is 2.49. The summed E-state index contributed by atoms with van der Waals surface area (Å²) in [4.78, 5) is 12.1. The summed E-state index contributed by atoms with van der Waals surface area (Å²) in [5.41, 5.74) is 4.76. The predicted molar refractivity (Wildman–Crippen MR) is 111 cm³/mol. The Morgan fingerprint density at radius 1 is 1.23 bits per heavy atom. The van der Waals surface area contributed by atoms with Crippen molar-refractivity contribution in [1.82, 2.24) is 9.97 Å². The molecule has 7 nitrogen and oxygen atoms in total. The molecule has 3 rings (SSSR count). The van der Waals surface area contributed by atoms with Gasteiger partial charge in [-0.25, -0.2) is 27.2 Å². The van der Waals surface area contributed by atoms with E-state index in [4.69, 9.17) is 10.5 Å². The van der Waals surface area contributed by atoms with Gasteiger partial charge in [-0.3, -0.25) is 4.99 Å². The van der Waals surface area contributed by atoms with Crippen LogP contribution in [0.4, 0.5) is 8.78 Å². The van der Waals surface area contributed by atoms with E-state index in [0.717, 1.165) is 12.1 Å². The van der Waals surface area contributed by atoms with Gasteiger partial charge in [0.25, 0.3) is 0 Å². The van der Waals surface area contributed by atoms with E-state index in [2.05, 4.69) is 15.0 Å². The Kier molecular flexibility index (Phi) is 5.40. The lowest BCUT2D eigenvalue weighted by atomic mass is 9.91. The lowest BCUT2D eigenvalue weighted by molar-refractivity contribution is 0.395. The van der Waals surface area contributed by atoms with E-state index in [0.29, 0.717) is 5.56 Å². The molecule has 160 valence electrons. The van der Waals surface area contributed by atoms with Gasteiger partial charge < -0.3 is 10.5 Å². The molecule has 1 aromatic carbocycles. The Bertz CT molecular complexity index is 1150. The summed E-state index contributed by atoms with van der Waals surface area (Å²) in [7, 11) is -2.30. The Balaban J connectivity index is 2.04. The summed E-state index contributed by atoms with van der Waals surface area (Å²) < 4.78 is 58.3. The summed E-state index contributed by atoms with van der Waals surface area (Å²) >= 11 is 0. The van der Waals surface area contributed by atoms with Crippen LogP contribution in [0.3, 0.4) is 0 Å². The first-order valence-electron chi connectivity index (χ1n) is 9.01. The molecule has 0 amide bonds. The van der Waals surface area contributed by atoms with Gasteiger partial charge in [0.15, 0.2) is 15.7 Å². The lowest BCUT2D eigenvalue weighted by Crippen LogP contribution is -2.55. The van der Waals surface area contributed by atoms with Gasteiger partial charge in [-0.2, -0.15) is 0 Å². The monoisotopic (exact) mass is 436 g/mol. The third kappa shape index (κ3) is 3.79. The Morgan fingerprint density at radius 3 is 2.50 bits per heavy atom. The van der Waals surface area contributed by atoms with Crippen LogP contribution < -0.4 is 10.5 Å². The second-order valence-corrected chi connectivity index (χ2v) is 10.3. The van der Waals surface area contributed by atoms with E-state index in [1.54, 1.807) is 0 Å². The molecule has 0 saturated carbocycles. The van der Waals surface area contributed by atoms with E-state index < -0.39 is 37.5 Å². The fourth-order valence-electron chi connectivity index (χ4n) is 3.09. The number of ether oxygens (including phenoxy) is 1. The number of hydrogen-bond acceptors (Lipinski definition) is 7. The second kappa shape index (κ2) is 7.42. The molecule has 0 unspecified atom stereocenters. The molecule has 1 aliphatic heterocycles. The van der Waals surface area contributed by atoms with Crippen LogP contribution in [-0.2, 0) is 15.4 Å². The summed E-state index contributed by atoms with van der Waals surface area (Å²) in [5, 5.41) is 0. The third-order valence-electron chi connectivity index (χ3n) is 5.18. The molecule has 1 aromatic heterocycles. The number of nitrogens with two attached hydrogens (primary N) is 1. The van der Waals surface area contributed by atoms with Crippen LogP contribution in [0.15, 0.2) is 35.6 Å². The molecule has 2 aromatic rings. The average Bonchev–Trinajstić information content (AvgIpc) is 2.67. The number of rotatable bonds is 4. The standard InChI is InChI=1S/C20H22F2N4O3S/c1-19(2)18(23)26-20(3,11-30(19,27)28)13-7-12(5-6-14(13)21)8-15(22)16-9-25-17(29-4)10-24-16/h5-10H,11H2,1-4H3,(H2,23,26)/b15-8-/t20-/m0/s1. The van der Waals surface area contributed by atoms with Crippen molar-refractivity contribution in [3.63, 3.8) is 0 Å². The summed E-state index contributed by atoms with van der Waals surface area (Å²) in [5.74, 6) is -1.65. The van der Waals surface area contributed by atoms with Crippen molar-refractivity contribution in [1.29, 1.82) is 0 Å². The van der Waals surface area contributed by atoms with Crippen LogP contribution in [0.1, 0.15) is 37.6 Å². The van der Waals surface area contributed by atoms with E-state index in [1.807, 2.05) is 0 Å². The van der Waals surface area contributed by atoms with E-state index >= 15 is 0 Å². The molecule has 30 heavy (non-hydrogen) atoms. The van der Waals surface area contributed by atoms with Crippen LogP contribution in [0.2, 0.25) is 0 Å². The number of benzene rings is 1. The summed E-state index contributed by atoms with van der Waals surface area (Å²) in [6.45, 7) is 4.41. The van der Waals surface area contributed by atoms with E-state index in [-0.39, 0.29) is 23.0 Å². The first kappa shape index (κ1) is 21.8. The zero-order valence-corrected chi connectivity index (χ0v) is 17.8. The van der Waals surface area contributed by atoms with Gasteiger partial charge in [0, 0.05) is 5.56 Å². The average molecular weight is 436 g/mol.